The highest BCUT2D eigenvalue weighted by molar-refractivity contribution is 9.10. The maximum absolute atomic E-state index is 5.94. The first-order valence-corrected chi connectivity index (χ1v) is 6.03. The molecule has 0 fully saturated rings. The van der Waals surface area contributed by atoms with E-state index in [0.29, 0.717) is 28.8 Å². The summed E-state index contributed by atoms with van der Waals surface area (Å²) in [6.45, 7) is 0.563. The van der Waals surface area contributed by atoms with Gasteiger partial charge in [-0.25, -0.2) is 0 Å². The van der Waals surface area contributed by atoms with Crippen LogP contribution in [0, 0.1) is 0 Å². The van der Waals surface area contributed by atoms with E-state index < -0.39 is 0 Å². The molecule has 0 radical (unpaired) electrons. The summed E-state index contributed by atoms with van der Waals surface area (Å²) in [5.74, 6) is 0.675. The van der Waals surface area contributed by atoms with Crippen LogP contribution < -0.4 is 10.5 Å². The lowest BCUT2D eigenvalue weighted by molar-refractivity contribution is 0.314. The van der Waals surface area contributed by atoms with Gasteiger partial charge in [-0.05, 0) is 24.6 Å². The van der Waals surface area contributed by atoms with Crippen LogP contribution in [0.4, 0.5) is 0 Å². The summed E-state index contributed by atoms with van der Waals surface area (Å²) in [5, 5.41) is 0.605. The predicted octanol–water partition coefficient (Wildman–Crippen LogP) is 3.55. The number of ether oxygens (including phenoxy) is 1. The number of nitrogens with two attached hydrogens (primary N) is 1. The number of thiocarbonyl (C=S) groups is 1. The fourth-order valence-corrected chi connectivity index (χ4v) is 1.67. The maximum atomic E-state index is 5.94. The average Bonchev–Trinajstić information content (AvgIpc) is 2.17. The molecule has 0 heterocycles. The van der Waals surface area contributed by atoms with Crippen molar-refractivity contribution >= 4 is 44.7 Å². The van der Waals surface area contributed by atoms with Gasteiger partial charge in [-0.2, -0.15) is 0 Å². The van der Waals surface area contributed by atoms with Gasteiger partial charge in [0, 0.05) is 10.9 Å². The fraction of sp³-hybridized carbons (Fsp3) is 0.300. The lowest BCUT2D eigenvalue weighted by Gasteiger charge is -2.07. The zero-order valence-electron chi connectivity index (χ0n) is 8.00. The molecule has 5 heteroatoms. The van der Waals surface area contributed by atoms with E-state index in [1.165, 1.54) is 0 Å². The van der Waals surface area contributed by atoms with E-state index in [1.54, 1.807) is 6.07 Å². The molecule has 0 saturated heterocycles. The van der Waals surface area contributed by atoms with E-state index in [1.807, 2.05) is 12.1 Å². The molecule has 0 aliphatic heterocycles. The Labute approximate surface area is 108 Å². The molecule has 0 amide bonds. The zero-order chi connectivity index (χ0) is 11.3. The van der Waals surface area contributed by atoms with Gasteiger partial charge in [0.15, 0.2) is 0 Å². The normalized spacial score (nSPS) is 10.0. The van der Waals surface area contributed by atoms with E-state index >= 15 is 0 Å². The van der Waals surface area contributed by atoms with Crippen molar-refractivity contribution in [1.29, 1.82) is 0 Å². The van der Waals surface area contributed by atoms with Crippen LogP contribution in [-0.2, 0) is 0 Å². The summed E-state index contributed by atoms with van der Waals surface area (Å²) >= 11 is 14.1. The Bertz CT molecular complexity index is 359. The van der Waals surface area contributed by atoms with Gasteiger partial charge in [-0.3, -0.25) is 0 Å². The second-order valence-electron chi connectivity index (χ2n) is 2.99. The molecule has 2 N–H and O–H groups in total. The first-order chi connectivity index (χ1) is 7.09. The highest BCUT2D eigenvalue weighted by atomic mass is 79.9. The van der Waals surface area contributed by atoms with Crippen molar-refractivity contribution in [2.45, 2.75) is 12.8 Å². The zero-order valence-corrected chi connectivity index (χ0v) is 11.2. The molecule has 82 valence electrons. The van der Waals surface area contributed by atoms with Gasteiger partial charge in [0.05, 0.1) is 16.6 Å². The maximum Gasteiger partial charge on any atom is 0.139 e. The van der Waals surface area contributed by atoms with Crippen LogP contribution in [0.15, 0.2) is 22.7 Å². The minimum atomic E-state index is 0.513. The highest BCUT2D eigenvalue weighted by Gasteiger charge is 2.01. The first-order valence-electron chi connectivity index (χ1n) is 4.46. The molecule has 1 aromatic rings. The van der Waals surface area contributed by atoms with E-state index in [2.05, 4.69) is 15.9 Å². The Morgan fingerprint density at radius 2 is 2.27 bits per heavy atom. The van der Waals surface area contributed by atoms with Gasteiger partial charge in [0.25, 0.3) is 0 Å². The number of benzene rings is 1. The van der Waals surface area contributed by atoms with Crippen LogP contribution in [0.3, 0.4) is 0 Å². The van der Waals surface area contributed by atoms with E-state index in [4.69, 9.17) is 34.3 Å². The molecular weight excluding hydrogens is 298 g/mol. The summed E-state index contributed by atoms with van der Waals surface area (Å²) in [5.41, 5.74) is 5.37. The van der Waals surface area contributed by atoms with Gasteiger partial charge in [-0.1, -0.05) is 39.7 Å². The van der Waals surface area contributed by atoms with Crippen molar-refractivity contribution in [2.24, 2.45) is 5.73 Å². The van der Waals surface area contributed by atoms with Crippen molar-refractivity contribution in [3.8, 4) is 5.75 Å². The van der Waals surface area contributed by atoms with Crippen LogP contribution in [0.5, 0.6) is 5.75 Å². The third kappa shape index (κ3) is 4.82. The highest BCUT2D eigenvalue weighted by Crippen LogP contribution is 2.27. The van der Waals surface area contributed by atoms with Crippen LogP contribution in [-0.4, -0.2) is 11.6 Å². The number of hydrogen-bond donors (Lipinski definition) is 1. The molecule has 15 heavy (non-hydrogen) atoms. The molecule has 1 rings (SSSR count). The number of hydrogen-bond acceptors (Lipinski definition) is 2. The van der Waals surface area contributed by atoms with Crippen molar-refractivity contribution in [3.63, 3.8) is 0 Å². The molecule has 0 atom stereocenters. The Hall–Kier alpha value is -0.320. The van der Waals surface area contributed by atoms with Gasteiger partial charge >= 0.3 is 0 Å². The first kappa shape index (κ1) is 12.7. The minimum absolute atomic E-state index is 0.513. The molecule has 0 aromatic heterocycles. The Morgan fingerprint density at radius 1 is 1.53 bits per heavy atom. The average molecular weight is 309 g/mol. The second kappa shape index (κ2) is 6.30. The standard InChI is InChI=1S/C10H11BrClNOS/c11-7-3-4-8(12)9(6-7)14-5-1-2-10(13)15/h3-4,6H,1-2,5H2,(H2,13,15). The van der Waals surface area contributed by atoms with Crippen molar-refractivity contribution < 1.29 is 4.74 Å². The van der Waals surface area contributed by atoms with E-state index in [9.17, 15) is 0 Å². The van der Waals surface area contributed by atoms with Crippen molar-refractivity contribution in [3.05, 3.63) is 27.7 Å². The number of halogens is 2. The monoisotopic (exact) mass is 307 g/mol. The smallest absolute Gasteiger partial charge is 0.139 e. The van der Waals surface area contributed by atoms with E-state index in [-0.39, 0.29) is 0 Å². The minimum Gasteiger partial charge on any atom is -0.492 e. The molecule has 0 aliphatic carbocycles. The van der Waals surface area contributed by atoms with Crippen LogP contribution >= 0.6 is 39.7 Å². The molecule has 0 bridgehead atoms. The van der Waals surface area contributed by atoms with E-state index in [0.717, 1.165) is 10.9 Å². The van der Waals surface area contributed by atoms with Crippen LogP contribution in [0.2, 0.25) is 5.02 Å². The summed E-state index contributed by atoms with van der Waals surface area (Å²) < 4.78 is 6.43. The third-order valence-corrected chi connectivity index (χ3v) is 2.73. The predicted molar refractivity (Wildman–Crippen MR) is 70.7 cm³/mol. The second-order valence-corrected chi connectivity index (χ2v) is 4.84. The van der Waals surface area contributed by atoms with Crippen LogP contribution in [0.1, 0.15) is 12.8 Å². The van der Waals surface area contributed by atoms with Crippen LogP contribution in [0.25, 0.3) is 0 Å². The quantitative estimate of drug-likeness (QED) is 0.667. The topological polar surface area (TPSA) is 35.2 Å². The lowest BCUT2D eigenvalue weighted by Crippen LogP contribution is -2.09. The Kier molecular flexibility index (Phi) is 5.36. The SMILES string of the molecule is NC(=S)CCCOc1cc(Br)ccc1Cl. The lowest BCUT2D eigenvalue weighted by atomic mass is 10.3. The summed E-state index contributed by atoms with van der Waals surface area (Å²) in [6.07, 6.45) is 1.50. The third-order valence-electron chi connectivity index (χ3n) is 1.72. The van der Waals surface area contributed by atoms with Gasteiger partial charge in [0.2, 0.25) is 0 Å². The molecular formula is C10H11BrClNOS. The molecule has 1 aromatic carbocycles. The van der Waals surface area contributed by atoms with Crippen molar-refractivity contribution in [2.75, 3.05) is 6.61 Å². The Balaban J connectivity index is 2.43. The largest absolute Gasteiger partial charge is 0.492 e. The molecule has 0 spiro atoms. The van der Waals surface area contributed by atoms with Gasteiger partial charge < -0.3 is 10.5 Å². The summed E-state index contributed by atoms with van der Waals surface area (Å²) in [6, 6.07) is 5.49. The molecule has 2 nitrogen and oxygen atoms in total. The molecule has 0 saturated carbocycles. The van der Waals surface area contributed by atoms with Gasteiger partial charge in [-0.15, -0.1) is 0 Å². The summed E-state index contributed by atoms with van der Waals surface area (Å²) in [7, 11) is 0. The molecule has 0 aliphatic rings. The van der Waals surface area contributed by atoms with Gasteiger partial charge in [0.1, 0.15) is 5.75 Å². The molecule has 0 unspecified atom stereocenters. The Morgan fingerprint density at radius 3 is 2.93 bits per heavy atom. The van der Waals surface area contributed by atoms with Crippen molar-refractivity contribution in [1.82, 2.24) is 0 Å². The fourth-order valence-electron chi connectivity index (χ4n) is 1.02. The number of rotatable bonds is 5. The summed E-state index contributed by atoms with van der Waals surface area (Å²) in [4.78, 5) is 0.513.